The maximum atomic E-state index is 13.7. The van der Waals surface area contributed by atoms with Crippen molar-refractivity contribution in [2.45, 2.75) is 24.3 Å². The van der Waals surface area contributed by atoms with Crippen LogP contribution in [0.25, 0.3) is 0 Å². The van der Waals surface area contributed by atoms with Crippen LogP contribution in [0.1, 0.15) is 24.0 Å². The number of benzene rings is 2. The van der Waals surface area contributed by atoms with E-state index < -0.39 is 4.87 Å². The number of hydrogen-bond acceptors (Lipinski definition) is 3. The molecular weight excluding hydrogens is 380 g/mol. The first-order chi connectivity index (χ1) is 13.1. The predicted octanol–water partition coefficient (Wildman–Crippen LogP) is 4.03. The number of nitrogens with zero attached hydrogens (tertiary/aromatic N) is 2. The molecule has 6 heteroatoms. The molecule has 0 bridgehead atoms. The summed E-state index contributed by atoms with van der Waals surface area (Å²) in [6, 6.07) is 15.4. The van der Waals surface area contributed by atoms with E-state index in [-0.39, 0.29) is 17.7 Å². The van der Waals surface area contributed by atoms with Crippen molar-refractivity contribution in [2.24, 2.45) is 5.92 Å². The van der Waals surface area contributed by atoms with Crippen LogP contribution in [-0.2, 0) is 21.0 Å². The lowest BCUT2D eigenvalue weighted by molar-refractivity contribution is -0.141. The number of halogens is 1. The summed E-state index contributed by atoms with van der Waals surface area (Å²) in [6.07, 6.45) is 1.88. The number of fused-ring (bicyclic) bond motifs is 2. The molecule has 1 saturated carbocycles. The Morgan fingerprint density at radius 1 is 1.15 bits per heavy atom. The average Bonchev–Trinajstić information content (AvgIpc) is 3.40. The molecule has 0 radical (unpaired) electrons. The van der Waals surface area contributed by atoms with E-state index in [0.717, 1.165) is 35.4 Å². The van der Waals surface area contributed by atoms with Gasteiger partial charge in [-0.25, -0.2) is 0 Å². The first-order valence-electron chi connectivity index (χ1n) is 9.23. The van der Waals surface area contributed by atoms with E-state index in [2.05, 4.69) is 0 Å². The lowest BCUT2D eigenvalue weighted by Crippen LogP contribution is -2.50. The lowest BCUT2D eigenvalue weighted by Gasteiger charge is -2.33. The number of rotatable bonds is 3. The molecule has 2 aromatic rings. The number of carbonyl (C=O) groups excluding carboxylic acids is 2. The largest absolute Gasteiger partial charge is 0.315 e. The molecule has 0 N–H and O–H groups in total. The minimum Gasteiger partial charge on any atom is -0.315 e. The van der Waals surface area contributed by atoms with Crippen LogP contribution in [0.4, 0.5) is 5.69 Å². The summed E-state index contributed by atoms with van der Waals surface area (Å²) < 4.78 is 0. The van der Waals surface area contributed by atoms with Crippen molar-refractivity contribution < 1.29 is 9.59 Å². The fourth-order valence-corrected chi connectivity index (χ4v) is 5.76. The first-order valence-corrected chi connectivity index (χ1v) is 10.6. The smallest absolute Gasteiger partial charge is 0.268 e. The van der Waals surface area contributed by atoms with Gasteiger partial charge in [0.25, 0.3) is 5.91 Å². The van der Waals surface area contributed by atoms with Crippen molar-refractivity contribution in [3.05, 3.63) is 64.7 Å². The molecule has 2 aromatic carbocycles. The number of amides is 2. The zero-order valence-corrected chi connectivity index (χ0v) is 16.3. The fraction of sp³-hybridized carbons (Fsp3) is 0.333. The van der Waals surface area contributed by atoms with Gasteiger partial charge >= 0.3 is 0 Å². The van der Waals surface area contributed by atoms with Crippen molar-refractivity contribution in [3.63, 3.8) is 0 Å². The number of carbonyl (C=O) groups is 2. The molecule has 2 amide bonds. The number of anilines is 1. The Hall–Kier alpha value is -1.98. The van der Waals surface area contributed by atoms with Crippen LogP contribution in [0.2, 0.25) is 5.02 Å². The second kappa shape index (κ2) is 6.28. The van der Waals surface area contributed by atoms with Gasteiger partial charge in [0.1, 0.15) is 0 Å². The molecule has 2 heterocycles. The van der Waals surface area contributed by atoms with E-state index in [1.54, 1.807) is 16.7 Å². The number of thioether (sulfide) groups is 1. The van der Waals surface area contributed by atoms with E-state index in [1.165, 1.54) is 0 Å². The summed E-state index contributed by atoms with van der Waals surface area (Å²) in [5.74, 6) is 0.972. The zero-order valence-electron chi connectivity index (χ0n) is 14.7. The van der Waals surface area contributed by atoms with Crippen LogP contribution < -0.4 is 4.90 Å². The van der Waals surface area contributed by atoms with Gasteiger partial charge in [0.05, 0.1) is 12.2 Å². The summed E-state index contributed by atoms with van der Waals surface area (Å²) in [5.41, 5.74) is 2.71. The highest BCUT2D eigenvalue weighted by Crippen LogP contribution is 2.55. The third-order valence-electron chi connectivity index (χ3n) is 5.58. The Morgan fingerprint density at radius 3 is 2.67 bits per heavy atom. The van der Waals surface area contributed by atoms with Crippen LogP contribution in [0.3, 0.4) is 0 Å². The summed E-state index contributed by atoms with van der Waals surface area (Å²) in [5, 5.41) is 0.647. The monoisotopic (exact) mass is 398 g/mol. The van der Waals surface area contributed by atoms with Gasteiger partial charge in [0.2, 0.25) is 5.91 Å². The molecule has 1 spiro atoms. The molecule has 1 atom stereocenters. The maximum absolute atomic E-state index is 13.7. The Balaban J connectivity index is 1.59. The molecule has 3 aliphatic rings. The summed E-state index contributed by atoms with van der Waals surface area (Å²) in [4.78, 5) is 29.4. The predicted molar refractivity (Wildman–Crippen MR) is 108 cm³/mol. The molecule has 1 aliphatic carbocycles. The summed E-state index contributed by atoms with van der Waals surface area (Å²) in [6.45, 7) is 1.03. The van der Waals surface area contributed by atoms with Gasteiger partial charge in [-0.1, -0.05) is 48.0 Å². The third-order valence-corrected chi connectivity index (χ3v) is 7.37. The van der Waals surface area contributed by atoms with Gasteiger partial charge in [-0.05, 0) is 30.5 Å². The van der Waals surface area contributed by atoms with Crippen molar-refractivity contribution in [1.29, 1.82) is 0 Å². The first kappa shape index (κ1) is 17.1. The van der Waals surface area contributed by atoms with Gasteiger partial charge in [0, 0.05) is 28.8 Å². The van der Waals surface area contributed by atoms with Crippen molar-refractivity contribution in [1.82, 2.24) is 4.90 Å². The van der Waals surface area contributed by atoms with Crippen molar-refractivity contribution in [3.8, 4) is 0 Å². The summed E-state index contributed by atoms with van der Waals surface area (Å²) in [7, 11) is 0. The Labute approximate surface area is 167 Å². The fourth-order valence-electron chi connectivity index (χ4n) is 4.09. The molecule has 4 nitrogen and oxygen atoms in total. The molecular formula is C21H19ClN2O2S. The maximum Gasteiger partial charge on any atom is 0.268 e. The minimum absolute atomic E-state index is 0.0277. The van der Waals surface area contributed by atoms with Gasteiger partial charge in [-0.2, -0.15) is 0 Å². The molecule has 138 valence electrons. The van der Waals surface area contributed by atoms with Crippen LogP contribution in [0.5, 0.6) is 0 Å². The molecule has 0 unspecified atom stereocenters. The lowest BCUT2D eigenvalue weighted by atomic mass is 10.1. The average molecular weight is 399 g/mol. The highest BCUT2D eigenvalue weighted by molar-refractivity contribution is 8.01. The Kier molecular flexibility index (Phi) is 3.99. The highest BCUT2D eigenvalue weighted by atomic mass is 35.5. The highest BCUT2D eigenvalue weighted by Gasteiger charge is 2.60. The van der Waals surface area contributed by atoms with Gasteiger partial charge < -0.3 is 9.80 Å². The van der Waals surface area contributed by atoms with E-state index in [0.29, 0.717) is 18.1 Å². The number of hydrogen-bond donors (Lipinski definition) is 0. The normalized spacial score (nSPS) is 24.0. The topological polar surface area (TPSA) is 40.6 Å². The van der Waals surface area contributed by atoms with E-state index in [1.807, 2.05) is 53.4 Å². The van der Waals surface area contributed by atoms with Crippen molar-refractivity contribution >= 4 is 40.9 Å². The standard InChI is InChI=1S/C21H19ClN2O2S/c22-17-7-3-1-5-15(17)13-23-18-8-4-2-6-16(18)21(20(23)26)24(11-12-27-21)19(25)14-9-10-14/h1-8,14H,9-13H2/t21-/m0/s1. The second-order valence-electron chi connectivity index (χ2n) is 7.26. The molecule has 2 fully saturated rings. The molecule has 1 saturated heterocycles. The number of para-hydroxylation sites is 1. The van der Waals surface area contributed by atoms with Crippen LogP contribution in [0, 0.1) is 5.92 Å². The molecule has 2 aliphatic heterocycles. The third kappa shape index (κ3) is 2.52. The van der Waals surface area contributed by atoms with Gasteiger partial charge in [-0.15, -0.1) is 11.8 Å². The molecule has 27 heavy (non-hydrogen) atoms. The molecule has 5 rings (SSSR count). The Bertz CT molecular complexity index is 945. The Morgan fingerprint density at radius 2 is 1.89 bits per heavy atom. The quantitative estimate of drug-likeness (QED) is 0.783. The minimum atomic E-state index is -0.919. The molecule has 0 aromatic heterocycles. The second-order valence-corrected chi connectivity index (χ2v) is 8.95. The van der Waals surface area contributed by atoms with Crippen LogP contribution in [0.15, 0.2) is 48.5 Å². The SMILES string of the molecule is O=C(C1CC1)N1CCS[C@@]12C(=O)N(Cc1ccccc1Cl)c1ccccc12. The van der Waals surface area contributed by atoms with Crippen molar-refractivity contribution in [2.75, 3.05) is 17.2 Å². The van der Waals surface area contributed by atoms with Crippen LogP contribution in [-0.4, -0.2) is 29.0 Å². The van der Waals surface area contributed by atoms with Crippen LogP contribution >= 0.6 is 23.4 Å². The van der Waals surface area contributed by atoms with E-state index >= 15 is 0 Å². The van der Waals surface area contributed by atoms with E-state index in [4.69, 9.17) is 11.6 Å². The van der Waals surface area contributed by atoms with E-state index in [9.17, 15) is 9.59 Å². The summed E-state index contributed by atoms with van der Waals surface area (Å²) >= 11 is 7.93. The zero-order chi connectivity index (χ0) is 18.6. The van der Waals surface area contributed by atoms with Gasteiger partial charge in [0.15, 0.2) is 4.87 Å². The van der Waals surface area contributed by atoms with Gasteiger partial charge in [-0.3, -0.25) is 9.59 Å².